The van der Waals surface area contributed by atoms with E-state index in [2.05, 4.69) is 9.97 Å². The summed E-state index contributed by atoms with van der Waals surface area (Å²) in [6.07, 6.45) is 5.26. The Bertz CT molecular complexity index is 1220. The van der Waals surface area contributed by atoms with Crippen molar-refractivity contribution in [3.05, 3.63) is 74.1 Å². The van der Waals surface area contributed by atoms with Crippen LogP contribution in [-0.4, -0.2) is 31.4 Å². The Morgan fingerprint density at radius 3 is 2.55 bits per heavy atom. The minimum Gasteiger partial charge on any atom is -0.331 e. The number of aromatic amines is 1. The molecule has 0 atom stereocenters. The molecule has 0 saturated heterocycles. The van der Waals surface area contributed by atoms with Crippen molar-refractivity contribution >= 4 is 16.9 Å². The molecule has 2 aliphatic carbocycles. The zero-order chi connectivity index (χ0) is 20.1. The summed E-state index contributed by atoms with van der Waals surface area (Å²) in [5, 5.41) is 0.286. The first-order chi connectivity index (χ1) is 14.0. The van der Waals surface area contributed by atoms with Crippen LogP contribution in [0.4, 0.5) is 0 Å². The lowest BCUT2D eigenvalue weighted by Gasteiger charge is -2.23. The lowest BCUT2D eigenvalue weighted by molar-refractivity contribution is 0.0729. The predicted molar refractivity (Wildman–Crippen MR) is 109 cm³/mol. The van der Waals surface area contributed by atoms with Crippen LogP contribution in [0, 0.1) is 6.92 Å². The van der Waals surface area contributed by atoms with Gasteiger partial charge in [0, 0.05) is 24.8 Å². The Kier molecular flexibility index (Phi) is 4.12. The van der Waals surface area contributed by atoms with Crippen LogP contribution in [0.1, 0.15) is 53.2 Å². The standard InChI is InChI=1S/C22H22N4O3/c1-13-2-4-14(5-3-13)12-25(16-6-7-16)21(28)15-10-18-19(23-11-15)26(17-8-9-17)22(29)24-20(18)27/h2-5,10-11,16-17H,6-9,12H2,1H3,(H,24,27,29). The molecule has 0 bridgehead atoms. The van der Waals surface area contributed by atoms with Crippen LogP contribution in [-0.2, 0) is 6.54 Å². The topological polar surface area (TPSA) is 88.1 Å². The van der Waals surface area contributed by atoms with Crippen LogP contribution >= 0.6 is 0 Å². The average Bonchev–Trinajstić information content (AvgIpc) is 3.61. The van der Waals surface area contributed by atoms with Gasteiger partial charge in [0.05, 0.1) is 10.9 Å². The second kappa shape index (κ2) is 6.69. The van der Waals surface area contributed by atoms with Crippen LogP contribution < -0.4 is 11.2 Å². The highest BCUT2D eigenvalue weighted by molar-refractivity contribution is 5.97. The van der Waals surface area contributed by atoms with Crippen molar-refractivity contribution in [2.45, 2.75) is 51.2 Å². The summed E-state index contributed by atoms with van der Waals surface area (Å²) < 4.78 is 1.54. The summed E-state index contributed by atoms with van der Waals surface area (Å²) in [5.74, 6) is -0.133. The summed E-state index contributed by atoms with van der Waals surface area (Å²) in [6, 6.07) is 10.0. The minimum absolute atomic E-state index is 0.0837. The highest BCUT2D eigenvalue weighted by Crippen LogP contribution is 2.35. The molecule has 1 N–H and O–H groups in total. The molecule has 7 heteroatoms. The number of nitrogens with zero attached hydrogens (tertiary/aromatic N) is 3. The summed E-state index contributed by atoms with van der Waals surface area (Å²) >= 11 is 0. The number of rotatable bonds is 5. The fourth-order valence-electron chi connectivity index (χ4n) is 3.73. The molecular weight excluding hydrogens is 368 g/mol. The molecule has 29 heavy (non-hydrogen) atoms. The van der Waals surface area contributed by atoms with Crippen molar-refractivity contribution < 1.29 is 4.79 Å². The SMILES string of the molecule is Cc1ccc(CN(C(=O)c2cnc3c(c2)c(=O)[nH]c(=O)n3C2CC2)C2CC2)cc1. The fourth-order valence-corrected chi connectivity index (χ4v) is 3.73. The van der Waals surface area contributed by atoms with Crippen LogP contribution in [0.2, 0.25) is 0 Å². The molecule has 148 valence electrons. The molecule has 1 amide bonds. The number of amides is 1. The zero-order valence-corrected chi connectivity index (χ0v) is 16.2. The highest BCUT2D eigenvalue weighted by Gasteiger charge is 2.34. The number of aryl methyl sites for hydroxylation is 1. The molecule has 1 aromatic carbocycles. The van der Waals surface area contributed by atoms with Crippen molar-refractivity contribution in [1.29, 1.82) is 0 Å². The van der Waals surface area contributed by atoms with Crippen LogP contribution in [0.15, 0.2) is 46.1 Å². The normalized spacial score (nSPS) is 16.2. The van der Waals surface area contributed by atoms with Gasteiger partial charge in [0.2, 0.25) is 0 Å². The molecule has 2 aliphatic rings. The monoisotopic (exact) mass is 390 g/mol. The van der Waals surface area contributed by atoms with Gasteiger partial charge < -0.3 is 4.90 Å². The number of aromatic nitrogens is 3. The molecule has 2 heterocycles. The summed E-state index contributed by atoms with van der Waals surface area (Å²) in [6.45, 7) is 2.56. The van der Waals surface area contributed by atoms with Gasteiger partial charge in [-0.15, -0.1) is 0 Å². The van der Waals surface area contributed by atoms with E-state index < -0.39 is 11.2 Å². The van der Waals surface area contributed by atoms with E-state index in [4.69, 9.17) is 0 Å². The van der Waals surface area contributed by atoms with E-state index in [1.165, 1.54) is 16.3 Å². The second-order valence-electron chi connectivity index (χ2n) is 8.11. The molecule has 7 nitrogen and oxygen atoms in total. The second-order valence-corrected chi connectivity index (χ2v) is 8.11. The number of carbonyl (C=O) groups excluding carboxylic acids is 1. The molecular formula is C22H22N4O3. The molecule has 0 unspecified atom stereocenters. The van der Waals surface area contributed by atoms with Gasteiger partial charge in [0.15, 0.2) is 0 Å². The van der Waals surface area contributed by atoms with E-state index >= 15 is 0 Å². The largest absolute Gasteiger partial charge is 0.331 e. The Hall–Kier alpha value is -3.22. The number of H-pyrrole nitrogens is 1. The van der Waals surface area contributed by atoms with Crippen molar-refractivity contribution in [3.63, 3.8) is 0 Å². The third-order valence-electron chi connectivity index (χ3n) is 5.66. The molecule has 5 rings (SSSR count). The Morgan fingerprint density at radius 2 is 1.90 bits per heavy atom. The van der Waals surface area contributed by atoms with Crippen molar-refractivity contribution in [2.24, 2.45) is 0 Å². The molecule has 0 radical (unpaired) electrons. The quantitative estimate of drug-likeness (QED) is 0.725. The number of carbonyl (C=O) groups is 1. The van der Waals surface area contributed by atoms with Crippen molar-refractivity contribution in [3.8, 4) is 0 Å². The van der Waals surface area contributed by atoms with E-state index in [0.717, 1.165) is 31.2 Å². The number of benzene rings is 1. The summed E-state index contributed by atoms with van der Waals surface area (Å²) in [5.41, 5.74) is 2.05. The van der Waals surface area contributed by atoms with Crippen LogP contribution in [0.5, 0.6) is 0 Å². The van der Waals surface area contributed by atoms with Crippen molar-refractivity contribution in [2.75, 3.05) is 0 Å². The first-order valence-corrected chi connectivity index (χ1v) is 10.0. The van der Waals surface area contributed by atoms with Gasteiger partial charge in [-0.3, -0.25) is 19.1 Å². The van der Waals surface area contributed by atoms with Gasteiger partial charge in [-0.05, 0) is 44.2 Å². The van der Waals surface area contributed by atoms with Gasteiger partial charge in [-0.2, -0.15) is 0 Å². The minimum atomic E-state index is -0.499. The maximum atomic E-state index is 13.3. The first-order valence-electron chi connectivity index (χ1n) is 10.0. The summed E-state index contributed by atoms with van der Waals surface area (Å²) in [4.78, 5) is 46.4. The van der Waals surface area contributed by atoms with E-state index in [1.54, 1.807) is 6.07 Å². The Balaban J connectivity index is 1.51. The van der Waals surface area contributed by atoms with Gasteiger partial charge in [-0.25, -0.2) is 9.78 Å². The average molecular weight is 390 g/mol. The number of nitrogens with one attached hydrogen (secondary N) is 1. The van der Waals surface area contributed by atoms with E-state index in [0.29, 0.717) is 17.8 Å². The van der Waals surface area contributed by atoms with Crippen LogP contribution in [0.25, 0.3) is 11.0 Å². The maximum Gasteiger partial charge on any atom is 0.330 e. The van der Waals surface area contributed by atoms with E-state index in [9.17, 15) is 14.4 Å². The lowest BCUT2D eigenvalue weighted by atomic mass is 10.1. The van der Waals surface area contributed by atoms with Crippen molar-refractivity contribution in [1.82, 2.24) is 19.4 Å². The number of fused-ring (bicyclic) bond motifs is 1. The van der Waals surface area contributed by atoms with Gasteiger partial charge in [0.25, 0.3) is 11.5 Å². The number of hydrogen-bond donors (Lipinski definition) is 1. The molecule has 2 fully saturated rings. The smallest absolute Gasteiger partial charge is 0.330 e. The molecule has 0 aliphatic heterocycles. The Labute approximate surface area is 167 Å². The number of pyridine rings is 1. The predicted octanol–water partition coefficient (Wildman–Crippen LogP) is 2.53. The van der Waals surface area contributed by atoms with Gasteiger partial charge in [-0.1, -0.05) is 29.8 Å². The zero-order valence-electron chi connectivity index (χ0n) is 16.2. The van der Waals surface area contributed by atoms with Crippen LogP contribution in [0.3, 0.4) is 0 Å². The highest BCUT2D eigenvalue weighted by atomic mass is 16.2. The first kappa shape index (κ1) is 17.8. The van der Waals surface area contributed by atoms with E-state index in [1.807, 2.05) is 36.1 Å². The molecule has 3 aromatic rings. The third-order valence-corrected chi connectivity index (χ3v) is 5.66. The van der Waals surface area contributed by atoms with E-state index in [-0.39, 0.29) is 23.4 Å². The lowest BCUT2D eigenvalue weighted by Crippen LogP contribution is -2.33. The Morgan fingerprint density at radius 1 is 1.17 bits per heavy atom. The maximum absolute atomic E-state index is 13.3. The molecule has 0 spiro atoms. The van der Waals surface area contributed by atoms with Gasteiger partial charge >= 0.3 is 5.69 Å². The molecule has 2 aromatic heterocycles. The molecule has 2 saturated carbocycles. The fraction of sp³-hybridized carbons (Fsp3) is 0.364. The number of hydrogen-bond acceptors (Lipinski definition) is 4. The summed E-state index contributed by atoms with van der Waals surface area (Å²) in [7, 11) is 0. The van der Waals surface area contributed by atoms with Gasteiger partial charge in [0.1, 0.15) is 5.65 Å². The third kappa shape index (κ3) is 3.37.